The van der Waals surface area contributed by atoms with Crippen LogP contribution in [-0.2, 0) is 9.84 Å². The Bertz CT molecular complexity index is 541. The summed E-state index contributed by atoms with van der Waals surface area (Å²) in [4.78, 5) is 0. The van der Waals surface area contributed by atoms with Crippen molar-refractivity contribution in [3.63, 3.8) is 0 Å². The van der Waals surface area contributed by atoms with Crippen molar-refractivity contribution < 1.29 is 26.1 Å². The minimum Gasteiger partial charge on any atom is -0.492 e. The molecule has 0 aromatic heterocycles. The lowest BCUT2D eigenvalue weighted by Crippen LogP contribution is -2.34. The Morgan fingerprint density at radius 2 is 1.89 bits per heavy atom. The minimum absolute atomic E-state index is 0.0187. The van der Waals surface area contributed by atoms with E-state index in [0.717, 1.165) is 12.1 Å². The van der Waals surface area contributed by atoms with Gasteiger partial charge in [0.2, 0.25) is 0 Å². The van der Waals surface area contributed by atoms with Crippen LogP contribution in [0.1, 0.15) is 12.5 Å². The zero-order valence-electron chi connectivity index (χ0n) is 10.7. The number of rotatable bonds is 6. The van der Waals surface area contributed by atoms with E-state index in [-0.39, 0.29) is 23.9 Å². The van der Waals surface area contributed by atoms with Gasteiger partial charge in [-0.25, -0.2) is 8.42 Å². The Balaban J connectivity index is 2.71. The number of halogens is 3. The smallest absolute Gasteiger partial charge is 0.492 e. The van der Waals surface area contributed by atoms with Crippen molar-refractivity contribution in [3.05, 3.63) is 23.8 Å². The van der Waals surface area contributed by atoms with Gasteiger partial charge in [-0.1, -0.05) is 19.1 Å². The molecule has 0 aliphatic carbocycles. The van der Waals surface area contributed by atoms with Gasteiger partial charge in [0, 0.05) is 5.75 Å². The zero-order valence-corrected chi connectivity index (χ0v) is 11.5. The predicted octanol–water partition coefficient (Wildman–Crippen LogP) is 1.86. The molecule has 3 nitrogen and oxygen atoms in total. The van der Waals surface area contributed by atoms with Gasteiger partial charge < -0.3 is 17.7 Å². The molecule has 1 rings (SSSR count). The van der Waals surface area contributed by atoms with Crippen molar-refractivity contribution in [1.82, 2.24) is 0 Å². The second kappa shape index (κ2) is 5.86. The molecule has 0 N–H and O–H groups in total. The van der Waals surface area contributed by atoms with Crippen LogP contribution in [0.25, 0.3) is 0 Å². The summed E-state index contributed by atoms with van der Waals surface area (Å²) in [5.74, 6) is 0.147. The maximum atomic E-state index is 12.5. The Morgan fingerprint density at radius 3 is 2.37 bits per heavy atom. The fourth-order valence-corrected chi connectivity index (χ4v) is 2.09. The van der Waals surface area contributed by atoms with Crippen molar-refractivity contribution in [3.8, 4) is 5.75 Å². The molecule has 108 valence electrons. The van der Waals surface area contributed by atoms with Crippen molar-refractivity contribution in [2.75, 3.05) is 18.1 Å². The summed E-state index contributed by atoms with van der Waals surface area (Å²) in [5.41, 5.74) is -0.350. The molecule has 1 aromatic carbocycles. The topological polar surface area (TPSA) is 43.4 Å². The highest BCUT2D eigenvalue weighted by Crippen LogP contribution is 2.18. The summed E-state index contributed by atoms with van der Waals surface area (Å²) in [5, 5.41) is 0. The number of ether oxygens (including phenoxy) is 1. The molecule has 8 heteroatoms. The minimum atomic E-state index is -5.03. The largest absolute Gasteiger partial charge is 0.509 e. The summed E-state index contributed by atoms with van der Waals surface area (Å²) in [7, 11) is -3.14. The van der Waals surface area contributed by atoms with Crippen molar-refractivity contribution in [2.45, 2.75) is 13.8 Å². The van der Waals surface area contributed by atoms with E-state index in [1.165, 1.54) is 19.9 Å². The van der Waals surface area contributed by atoms with Gasteiger partial charge in [0.1, 0.15) is 12.4 Å². The summed E-state index contributed by atoms with van der Waals surface area (Å²) in [6, 6.07) is 3.17. The average Bonchev–Trinajstić information content (AvgIpc) is 2.30. The van der Waals surface area contributed by atoms with Gasteiger partial charge in [-0.3, -0.25) is 0 Å². The number of hydrogen-bond donors (Lipinski definition) is 0. The quantitative estimate of drug-likeness (QED) is 0.752. The third kappa shape index (κ3) is 4.78. The van der Waals surface area contributed by atoms with Gasteiger partial charge in [-0.2, -0.15) is 0 Å². The SMILES string of the molecule is CCS(=O)(=O)CCOc1ccc([B-](F)(F)F)cc1C. The lowest BCUT2D eigenvalue weighted by molar-refractivity contribution is 0.338. The van der Waals surface area contributed by atoms with Crippen molar-refractivity contribution >= 4 is 22.3 Å². The van der Waals surface area contributed by atoms with Crippen LogP contribution in [0.4, 0.5) is 12.9 Å². The zero-order chi connectivity index (χ0) is 14.7. The highest BCUT2D eigenvalue weighted by molar-refractivity contribution is 7.91. The molecule has 0 aliphatic rings. The second-order valence-corrected chi connectivity index (χ2v) is 6.66. The first-order valence-corrected chi connectivity index (χ1v) is 7.61. The van der Waals surface area contributed by atoms with Crippen molar-refractivity contribution in [1.29, 1.82) is 0 Å². The first-order chi connectivity index (χ1) is 8.65. The van der Waals surface area contributed by atoms with E-state index in [0.29, 0.717) is 5.56 Å². The maximum absolute atomic E-state index is 12.5. The maximum Gasteiger partial charge on any atom is 0.509 e. The molecular formula is C11H15BF3O3S-. The average molecular weight is 295 g/mol. The molecule has 0 heterocycles. The fourth-order valence-electron chi connectivity index (χ4n) is 1.46. The van der Waals surface area contributed by atoms with E-state index in [9.17, 15) is 21.4 Å². The first-order valence-electron chi connectivity index (χ1n) is 5.79. The highest BCUT2D eigenvalue weighted by Gasteiger charge is 2.25. The Kier molecular flexibility index (Phi) is 4.89. The van der Waals surface area contributed by atoms with Gasteiger partial charge in [-0.05, 0) is 18.6 Å². The van der Waals surface area contributed by atoms with E-state index < -0.39 is 22.3 Å². The first kappa shape index (κ1) is 15.9. The summed E-state index contributed by atoms with van der Waals surface area (Å²) in [6.07, 6.45) is 0. The standard InChI is InChI=1S/C11H15BF3O3S/c1-3-19(16,17)7-6-18-11-5-4-10(8-9(11)2)12(13,14)15/h4-5,8H,3,6-7H2,1-2H3/q-1. The van der Waals surface area contributed by atoms with Crippen LogP contribution in [0.5, 0.6) is 5.75 Å². The highest BCUT2D eigenvalue weighted by atomic mass is 32.2. The molecule has 0 spiro atoms. The Labute approximate surface area is 110 Å². The fraction of sp³-hybridized carbons (Fsp3) is 0.455. The molecule has 0 radical (unpaired) electrons. The lowest BCUT2D eigenvalue weighted by Gasteiger charge is -2.17. The van der Waals surface area contributed by atoms with Crippen LogP contribution in [-0.4, -0.2) is 33.5 Å². The Hall–Kier alpha value is -1.18. The molecular weight excluding hydrogens is 280 g/mol. The van der Waals surface area contributed by atoms with Gasteiger partial charge in [0.05, 0.1) is 5.75 Å². The van der Waals surface area contributed by atoms with Gasteiger partial charge in [0.25, 0.3) is 0 Å². The normalized spacial score (nSPS) is 12.5. The molecule has 0 aliphatic heterocycles. The lowest BCUT2D eigenvalue weighted by atomic mass is 9.79. The van der Waals surface area contributed by atoms with Crippen LogP contribution in [0.3, 0.4) is 0 Å². The molecule has 1 aromatic rings. The van der Waals surface area contributed by atoms with Crippen molar-refractivity contribution in [2.24, 2.45) is 0 Å². The molecule has 0 bridgehead atoms. The number of aryl methyl sites for hydroxylation is 1. The van der Waals surface area contributed by atoms with Crippen LogP contribution in [0.15, 0.2) is 18.2 Å². The van der Waals surface area contributed by atoms with E-state index in [2.05, 4.69) is 0 Å². The van der Waals surface area contributed by atoms with Crippen LogP contribution in [0, 0.1) is 6.92 Å². The molecule has 0 saturated heterocycles. The molecule has 0 saturated carbocycles. The van der Waals surface area contributed by atoms with E-state index in [4.69, 9.17) is 4.74 Å². The molecule has 0 fully saturated rings. The summed E-state index contributed by atoms with van der Waals surface area (Å²) >= 11 is 0. The monoisotopic (exact) mass is 295 g/mol. The molecule has 0 amide bonds. The molecule has 19 heavy (non-hydrogen) atoms. The third-order valence-corrected chi connectivity index (χ3v) is 4.34. The summed E-state index contributed by atoms with van der Waals surface area (Å²) < 4.78 is 65.2. The number of hydrogen-bond acceptors (Lipinski definition) is 3. The molecule has 0 atom stereocenters. The Morgan fingerprint density at radius 1 is 1.26 bits per heavy atom. The molecule has 0 unspecified atom stereocenters. The van der Waals surface area contributed by atoms with Gasteiger partial charge in [0.15, 0.2) is 9.84 Å². The van der Waals surface area contributed by atoms with E-state index in [1.807, 2.05) is 0 Å². The van der Waals surface area contributed by atoms with Crippen LogP contribution in [0.2, 0.25) is 0 Å². The number of sulfone groups is 1. The van der Waals surface area contributed by atoms with E-state index >= 15 is 0 Å². The van der Waals surface area contributed by atoms with Gasteiger partial charge in [-0.15, -0.1) is 5.46 Å². The van der Waals surface area contributed by atoms with E-state index in [1.54, 1.807) is 0 Å². The van der Waals surface area contributed by atoms with Crippen LogP contribution < -0.4 is 10.2 Å². The predicted molar refractivity (Wildman–Crippen MR) is 69.7 cm³/mol. The second-order valence-electron chi connectivity index (χ2n) is 4.18. The third-order valence-electron chi connectivity index (χ3n) is 2.67. The van der Waals surface area contributed by atoms with Gasteiger partial charge >= 0.3 is 6.98 Å². The van der Waals surface area contributed by atoms with Crippen LogP contribution >= 0.6 is 0 Å². The summed E-state index contributed by atoms with van der Waals surface area (Å²) in [6.45, 7) is -2.07. The number of benzene rings is 1.